The Morgan fingerprint density at radius 2 is 2.00 bits per heavy atom. The first-order valence-electron chi connectivity index (χ1n) is 4.44. The van der Waals surface area contributed by atoms with E-state index in [1.165, 1.54) is 0 Å². The van der Waals surface area contributed by atoms with Crippen LogP contribution in [0.5, 0.6) is 0 Å². The largest absolute Gasteiger partial charge is 0.399 e. The standard InChI is InChI=1S/C6H6ClN.C2H5NO5S2/c7-5-2-1-3-6(8)4-5;4-9(5)3-1-2-10(6,7)8/h1-4H,8H2;1-2H2,(H,6,7,8). The van der Waals surface area contributed by atoms with E-state index in [1.54, 1.807) is 18.2 Å². The average Bonchev–Trinajstić information content (AvgIpc) is 2.15. The van der Waals surface area contributed by atoms with E-state index in [0.717, 1.165) is 0 Å². The Balaban J connectivity index is 0.000000327. The molecular formula is C8H11ClN2O5S2. The van der Waals surface area contributed by atoms with Crippen LogP contribution in [0.4, 0.5) is 5.69 Å². The molecule has 0 spiro atoms. The van der Waals surface area contributed by atoms with Gasteiger partial charge in [-0.05, 0) is 18.2 Å². The lowest BCUT2D eigenvalue weighted by atomic mass is 10.3. The third-order valence-corrected chi connectivity index (χ3v) is 2.72. The number of anilines is 1. The monoisotopic (exact) mass is 314 g/mol. The summed E-state index contributed by atoms with van der Waals surface area (Å²) in [6, 6.07) is 7.11. The first-order valence-corrected chi connectivity index (χ1v) is 7.45. The van der Waals surface area contributed by atoms with Crippen molar-refractivity contribution in [2.45, 2.75) is 0 Å². The molecule has 0 atom stereocenters. The van der Waals surface area contributed by atoms with Crippen LogP contribution in [0.25, 0.3) is 0 Å². The van der Waals surface area contributed by atoms with Crippen LogP contribution in [0.3, 0.4) is 0 Å². The van der Waals surface area contributed by atoms with Gasteiger partial charge in [-0.1, -0.05) is 17.7 Å². The third kappa shape index (κ3) is 11.3. The summed E-state index contributed by atoms with van der Waals surface area (Å²) in [6.45, 7) is -0.436. The summed E-state index contributed by atoms with van der Waals surface area (Å²) < 4.78 is 49.9. The van der Waals surface area contributed by atoms with Crippen LogP contribution in [0.1, 0.15) is 0 Å². The molecule has 0 aromatic heterocycles. The molecule has 1 aromatic carbocycles. The minimum Gasteiger partial charge on any atom is -0.399 e. The first-order chi connectivity index (χ1) is 8.20. The second kappa shape index (κ2) is 8.03. The van der Waals surface area contributed by atoms with E-state index >= 15 is 0 Å². The highest BCUT2D eigenvalue weighted by atomic mass is 35.5. The van der Waals surface area contributed by atoms with Crippen molar-refractivity contribution in [3.63, 3.8) is 0 Å². The van der Waals surface area contributed by atoms with Gasteiger partial charge >= 0.3 is 10.5 Å². The van der Waals surface area contributed by atoms with Crippen molar-refractivity contribution in [1.29, 1.82) is 0 Å². The maximum Gasteiger partial charge on any atom is 0.311 e. The highest BCUT2D eigenvalue weighted by molar-refractivity contribution is 7.85. The number of nitrogens with two attached hydrogens (primary N) is 1. The molecule has 0 aliphatic rings. The van der Waals surface area contributed by atoms with Crippen LogP contribution in [0.15, 0.2) is 28.6 Å². The molecule has 1 aromatic rings. The minimum atomic E-state index is -4.09. The number of hydrogen-bond donors (Lipinski definition) is 2. The minimum absolute atomic E-state index is 0.436. The van der Waals surface area contributed by atoms with Crippen LogP contribution in [0.2, 0.25) is 5.02 Å². The molecule has 7 nitrogen and oxygen atoms in total. The van der Waals surface area contributed by atoms with Gasteiger partial charge in [-0.2, -0.15) is 21.2 Å². The Morgan fingerprint density at radius 3 is 2.33 bits per heavy atom. The second-order valence-corrected chi connectivity index (χ2v) is 5.61. The lowest BCUT2D eigenvalue weighted by Gasteiger charge is -1.89. The van der Waals surface area contributed by atoms with E-state index < -0.39 is 32.9 Å². The average molecular weight is 315 g/mol. The van der Waals surface area contributed by atoms with Gasteiger partial charge in [0.1, 0.15) is 0 Å². The van der Waals surface area contributed by atoms with Gasteiger partial charge in [0.25, 0.3) is 10.1 Å². The fraction of sp³-hybridized carbons (Fsp3) is 0.250. The quantitative estimate of drug-likeness (QED) is 0.629. The highest BCUT2D eigenvalue weighted by Gasteiger charge is 2.01. The molecular weight excluding hydrogens is 304 g/mol. The molecule has 0 radical (unpaired) electrons. The van der Waals surface area contributed by atoms with Gasteiger partial charge in [0.2, 0.25) is 0 Å². The van der Waals surface area contributed by atoms with Crippen molar-refractivity contribution < 1.29 is 21.4 Å². The first kappa shape index (κ1) is 16.8. The number of nitrogen functional groups attached to an aromatic ring is 1. The van der Waals surface area contributed by atoms with Gasteiger partial charge in [0.05, 0.1) is 12.3 Å². The third-order valence-electron chi connectivity index (χ3n) is 1.39. The normalized spacial score (nSPS) is 10.1. The van der Waals surface area contributed by atoms with Crippen molar-refractivity contribution >= 4 is 37.9 Å². The predicted octanol–water partition coefficient (Wildman–Crippen LogP) is 0.859. The maximum atomic E-state index is 9.91. The summed E-state index contributed by atoms with van der Waals surface area (Å²) in [6.07, 6.45) is 0. The highest BCUT2D eigenvalue weighted by Crippen LogP contribution is 2.10. The summed E-state index contributed by atoms with van der Waals surface area (Å²) in [7, 11) is -6.69. The molecule has 102 valence electrons. The van der Waals surface area contributed by atoms with Crippen molar-refractivity contribution in [3.05, 3.63) is 29.3 Å². The smallest absolute Gasteiger partial charge is 0.311 e. The molecule has 3 N–H and O–H groups in total. The molecule has 0 amide bonds. The molecule has 0 saturated carbocycles. The number of nitrogens with zero attached hydrogens (tertiary/aromatic N) is 1. The topological polar surface area (TPSA) is 127 Å². The zero-order valence-electron chi connectivity index (χ0n) is 9.02. The van der Waals surface area contributed by atoms with Crippen LogP contribution in [-0.2, 0) is 20.6 Å². The Bertz CT molecular complexity index is 587. The van der Waals surface area contributed by atoms with E-state index in [-0.39, 0.29) is 0 Å². The molecule has 0 aliphatic heterocycles. The van der Waals surface area contributed by atoms with Gasteiger partial charge in [-0.25, -0.2) is 0 Å². The van der Waals surface area contributed by atoms with Gasteiger partial charge in [-0.3, -0.25) is 4.55 Å². The zero-order chi connectivity index (χ0) is 14.2. The van der Waals surface area contributed by atoms with E-state index in [0.29, 0.717) is 10.7 Å². The van der Waals surface area contributed by atoms with Gasteiger partial charge in [0, 0.05) is 10.7 Å². The van der Waals surface area contributed by atoms with Crippen LogP contribution in [0, 0.1) is 0 Å². The number of halogens is 1. The number of hydrogen-bond acceptors (Lipinski definition) is 6. The molecule has 0 unspecified atom stereocenters. The maximum absolute atomic E-state index is 9.91. The molecule has 0 bridgehead atoms. The number of rotatable bonds is 3. The van der Waals surface area contributed by atoms with E-state index in [2.05, 4.69) is 4.36 Å². The molecule has 0 saturated heterocycles. The Labute approximate surface area is 111 Å². The SMILES string of the molecule is Nc1cccc(Cl)c1.O=S(=O)=NCCS(=O)(=O)O. The Kier molecular flexibility index (Phi) is 7.51. The molecule has 0 aliphatic carbocycles. The molecule has 10 heteroatoms. The van der Waals surface area contributed by atoms with Crippen LogP contribution < -0.4 is 5.73 Å². The van der Waals surface area contributed by atoms with Crippen molar-refractivity contribution in [1.82, 2.24) is 0 Å². The zero-order valence-corrected chi connectivity index (χ0v) is 11.4. The van der Waals surface area contributed by atoms with Crippen molar-refractivity contribution in [3.8, 4) is 0 Å². The number of benzene rings is 1. The van der Waals surface area contributed by atoms with Gasteiger partial charge in [0.15, 0.2) is 0 Å². The summed E-state index contributed by atoms with van der Waals surface area (Å²) >= 11 is 5.56. The van der Waals surface area contributed by atoms with Crippen molar-refractivity contribution in [2.24, 2.45) is 4.36 Å². The predicted molar refractivity (Wildman–Crippen MR) is 68.5 cm³/mol. The Morgan fingerprint density at radius 1 is 1.39 bits per heavy atom. The van der Waals surface area contributed by atoms with Gasteiger partial charge in [-0.15, -0.1) is 0 Å². The van der Waals surface area contributed by atoms with E-state index in [9.17, 15) is 16.8 Å². The molecule has 0 fully saturated rings. The lowest BCUT2D eigenvalue weighted by molar-refractivity contribution is 0.483. The second-order valence-electron chi connectivity index (χ2n) is 2.91. The van der Waals surface area contributed by atoms with Gasteiger partial charge < -0.3 is 5.73 Å². The fourth-order valence-corrected chi connectivity index (χ4v) is 1.61. The molecule has 1 rings (SSSR count). The molecule has 18 heavy (non-hydrogen) atoms. The lowest BCUT2D eigenvalue weighted by Crippen LogP contribution is -2.06. The fourth-order valence-electron chi connectivity index (χ4n) is 0.734. The van der Waals surface area contributed by atoms with E-state index in [1.807, 2.05) is 6.07 Å². The van der Waals surface area contributed by atoms with E-state index in [4.69, 9.17) is 21.9 Å². The molecule has 0 heterocycles. The summed E-state index contributed by atoms with van der Waals surface area (Å²) in [5, 5.41) is 0.685. The van der Waals surface area contributed by atoms with Crippen LogP contribution in [-0.4, -0.2) is 33.7 Å². The summed E-state index contributed by atoms with van der Waals surface area (Å²) in [4.78, 5) is 0. The van der Waals surface area contributed by atoms with Crippen molar-refractivity contribution in [2.75, 3.05) is 18.0 Å². The summed E-state index contributed by atoms with van der Waals surface area (Å²) in [5.41, 5.74) is 6.08. The summed E-state index contributed by atoms with van der Waals surface area (Å²) in [5.74, 6) is -0.666. The Hall–Kier alpha value is -1.16. The van der Waals surface area contributed by atoms with Crippen LogP contribution >= 0.6 is 11.6 Å².